The average Bonchev–Trinajstić information content (AvgIpc) is 2.97. The van der Waals surface area contributed by atoms with Crippen molar-refractivity contribution < 1.29 is 9.90 Å². The van der Waals surface area contributed by atoms with Crippen molar-refractivity contribution >= 4 is 16.8 Å². The largest absolute Gasteiger partial charge is 0.391 e. The van der Waals surface area contributed by atoms with Gasteiger partial charge in [-0.15, -0.1) is 0 Å². The van der Waals surface area contributed by atoms with Gasteiger partial charge in [0.05, 0.1) is 12.5 Å². The number of carbonyl (C=O) groups is 1. The highest BCUT2D eigenvalue weighted by atomic mass is 16.3. The molecule has 0 saturated carbocycles. The molecule has 1 aliphatic heterocycles. The van der Waals surface area contributed by atoms with Crippen molar-refractivity contribution in [1.82, 2.24) is 9.88 Å². The van der Waals surface area contributed by atoms with Crippen LogP contribution in [-0.2, 0) is 11.2 Å². The summed E-state index contributed by atoms with van der Waals surface area (Å²) in [6.07, 6.45) is 2.66. The van der Waals surface area contributed by atoms with Gasteiger partial charge in [-0.25, -0.2) is 0 Å². The number of hydrogen-bond acceptors (Lipinski definition) is 2. The van der Waals surface area contributed by atoms with Crippen LogP contribution in [0.3, 0.4) is 0 Å². The van der Waals surface area contributed by atoms with E-state index < -0.39 is 0 Å². The number of amides is 1. The first-order chi connectivity index (χ1) is 9.15. The first-order valence-corrected chi connectivity index (χ1v) is 6.66. The number of rotatable bonds is 2. The van der Waals surface area contributed by atoms with Crippen LogP contribution in [0, 0.1) is 6.92 Å². The van der Waals surface area contributed by atoms with Crippen LogP contribution < -0.4 is 0 Å². The van der Waals surface area contributed by atoms with E-state index in [1.807, 2.05) is 18.3 Å². The number of carbonyl (C=O) groups excluding carboxylic acids is 1. The van der Waals surface area contributed by atoms with Gasteiger partial charge in [0.2, 0.25) is 5.91 Å². The Kier molecular flexibility index (Phi) is 3.03. The minimum absolute atomic E-state index is 0.0979. The summed E-state index contributed by atoms with van der Waals surface area (Å²) in [5.41, 5.74) is 3.30. The number of hydrogen-bond donors (Lipinski definition) is 2. The van der Waals surface area contributed by atoms with Gasteiger partial charge in [0, 0.05) is 30.2 Å². The number of aliphatic hydroxyl groups is 1. The molecule has 1 amide bonds. The topological polar surface area (TPSA) is 56.3 Å². The average molecular weight is 258 g/mol. The molecule has 2 N–H and O–H groups in total. The van der Waals surface area contributed by atoms with E-state index in [0.29, 0.717) is 25.9 Å². The van der Waals surface area contributed by atoms with Crippen LogP contribution in [-0.4, -0.2) is 40.1 Å². The quantitative estimate of drug-likeness (QED) is 0.860. The molecule has 0 radical (unpaired) electrons. The maximum absolute atomic E-state index is 12.2. The molecule has 1 fully saturated rings. The fourth-order valence-corrected chi connectivity index (χ4v) is 2.83. The lowest BCUT2D eigenvalue weighted by atomic mass is 10.1. The Morgan fingerprint density at radius 2 is 2.37 bits per heavy atom. The molecule has 0 aliphatic carbocycles. The lowest BCUT2D eigenvalue weighted by Crippen LogP contribution is -2.30. The standard InChI is InChI=1S/C15H18N2O2/c1-10-3-2-4-13-15(10)11(8-16-13)7-14(19)17-6-5-12(18)9-17/h2-4,8,12,16,18H,5-7,9H2,1H3/t12-/m0/s1. The van der Waals surface area contributed by atoms with E-state index in [1.165, 1.54) is 5.56 Å². The Balaban J connectivity index is 1.84. The SMILES string of the molecule is Cc1cccc2[nH]cc(CC(=O)N3CC[C@H](O)C3)c12. The summed E-state index contributed by atoms with van der Waals surface area (Å²) in [5.74, 6) is 0.0979. The van der Waals surface area contributed by atoms with E-state index >= 15 is 0 Å². The van der Waals surface area contributed by atoms with E-state index in [-0.39, 0.29) is 12.0 Å². The number of aliphatic hydroxyl groups excluding tert-OH is 1. The second-order valence-corrected chi connectivity index (χ2v) is 5.27. The van der Waals surface area contributed by atoms with Crippen LogP contribution >= 0.6 is 0 Å². The van der Waals surface area contributed by atoms with E-state index in [2.05, 4.69) is 18.0 Å². The lowest BCUT2D eigenvalue weighted by molar-refractivity contribution is -0.129. The molecule has 2 heterocycles. The van der Waals surface area contributed by atoms with Crippen molar-refractivity contribution in [3.8, 4) is 0 Å². The summed E-state index contributed by atoms with van der Waals surface area (Å²) in [5, 5.41) is 10.6. The Labute approximate surface area is 112 Å². The number of aromatic amines is 1. The highest BCUT2D eigenvalue weighted by Gasteiger charge is 2.25. The summed E-state index contributed by atoms with van der Waals surface area (Å²) in [6, 6.07) is 6.09. The van der Waals surface area contributed by atoms with Gasteiger partial charge >= 0.3 is 0 Å². The van der Waals surface area contributed by atoms with Gasteiger partial charge in [0.15, 0.2) is 0 Å². The summed E-state index contributed by atoms with van der Waals surface area (Å²) in [4.78, 5) is 17.2. The van der Waals surface area contributed by atoms with E-state index in [9.17, 15) is 9.90 Å². The van der Waals surface area contributed by atoms with Crippen molar-refractivity contribution in [1.29, 1.82) is 0 Å². The minimum Gasteiger partial charge on any atom is -0.391 e. The third-order valence-electron chi connectivity index (χ3n) is 3.85. The smallest absolute Gasteiger partial charge is 0.227 e. The predicted molar refractivity (Wildman–Crippen MR) is 73.9 cm³/mol. The Bertz CT molecular complexity index is 618. The maximum Gasteiger partial charge on any atom is 0.227 e. The van der Waals surface area contributed by atoms with Gasteiger partial charge in [-0.2, -0.15) is 0 Å². The highest BCUT2D eigenvalue weighted by molar-refractivity contribution is 5.91. The third kappa shape index (κ3) is 2.24. The van der Waals surface area contributed by atoms with Crippen molar-refractivity contribution in [2.45, 2.75) is 25.9 Å². The number of aryl methyl sites for hydroxylation is 1. The molecule has 1 atom stereocenters. The van der Waals surface area contributed by atoms with Crippen molar-refractivity contribution in [3.05, 3.63) is 35.5 Å². The normalized spacial score (nSPS) is 19.3. The zero-order chi connectivity index (χ0) is 13.4. The summed E-state index contributed by atoms with van der Waals surface area (Å²) in [6.45, 7) is 3.20. The molecule has 19 heavy (non-hydrogen) atoms. The van der Waals surface area contributed by atoms with Crippen molar-refractivity contribution in [2.24, 2.45) is 0 Å². The third-order valence-corrected chi connectivity index (χ3v) is 3.85. The fourth-order valence-electron chi connectivity index (χ4n) is 2.83. The minimum atomic E-state index is -0.353. The number of H-pyrrole nitrogens is 1. The van der Waals surface area contributed by atoms with Crippen molar-refractivity contribution in [3.63, 3.8) is 0 Å². The van der Waals surface area contributed by atoms with Crippen LogP contribution in [0.4, 0.5) is 0 Å². The Morgan fingerprint density at radius 3 is 3.11 bits per heavy atom. The number of nitrogens with one attached hydrogen (secondary N) is 1. The highest BCUT2D eigenvalue weighted by Crippen LogP contribution is 2.23. The van der Waals surface area contributed by atoms with Gasteiger partial charge in [-0.1, -0.05) is 12.1 Å². The second-order valence-electron chi connectivity index (χ2n) is 5.27. The van der Waals surface area contributed by atoms with Crippen molar-refractivity contribution in [2.75, 3.05) is 13.1 Å². The molecule has 0 spiro atoms. The summed E-state index contributed by atoms with van der Waals surface area (Å²) in [7, 11) is 0. The molecule has 0 unspecified atom stereocenters. The summed E-state index contributed by atoms with van der Waals surface area (Å²) >= 11 is 0. The first-order valence-electron chi connectivity index (χ1n) is 6.66. The Hall–Kier alpha value is -1.81. The molecule has 2 aromatic rings. The Morgan fingerprint density at radius 1 is 1.53 bits per heavy atom. The van der Waals surface area contributed by atoms with E-state index in [4.69, 9.17) is 0 Å². The molecule has 4 nitrogen and oxygen atoms in total. The molecule has 1 aromatic carbocycles. The van der Waals surface area contributed by atoms with Gasteiger partial charge in [-0.05, 0) is 30.5 Å². The number of nitrogens with zero attached hydrogens (tertiary/aromatic N) is 1. The number of likely N-dealkylation sites (tertiary alicyclic amines) is 1. The first kappa shape index (κ1) is 12.2. The van der Waals surface area contributed by atoms with Crippen LogP contribution in [0.5, 0.6) is 0 Å². The van der Waals surface area contributed by atoms with E-state index in [1.54, 1.807) is 4.90 Å². The van der Waals surface area contributed by atoms with E-state index in [0.717, 1.165) is 16.5 Å². The van der Waals surface area contributed by atoms with Gasteiger partial charge in [0.1, 0.15) is 0 Å². The maximum atomic E-state index is 12.2. The second kappa shape index (κ2) is 4.70. The zero-order valence-electron chi connectivity index (χ0n) is 11.0. The van der Waals surface area contributed by atoms with Gasteiger partial charge < -0.3 is 15.0 Å². The molecule has 1 aliphatic rings. The molecule has 0 bridgehead atoms. The molecular weight excluding hydrogens is 240 g/mol. The molecule has 1 saturated heterocycles. The number of aromatic nitrogens is 1. The fraction of sp³-hybridized carbons (Fsp3) is 0.400. The predicted octanol–water partition coefficient (Wildman–Crippen LogP) is 1.61. The molecular formula is C15H18N2O2. The lowest BCUT2D eigenvalue weighted by Gasteiger charge is -2.15. The van der Waals surface area contributed by atoms with Crippen LogP contribution in [0.15, 0.2) is 24.4 Å². The van der Waals surface area contributed by atoms with Gasteiger partial charge in [0.25, 0.3) is 0 Å². The van der Waals surface area contributed by atoms with Crippen LogP contribution in [0.1, 0.15) is 17.5 Å². The number of fused-ring (bicyclic) bond motifs is 1. The number of benzene rings is 1. The number of β-amino-alcohol motifs (C(OH)–C–C–N with tert-alkyl or cyclic N) is 1. The monoisotopic (exact) mass is 258 g/mol. The molecule has 1 aromatic heterocycles. The molecule has 100 valence electrons. The zero-order valence-corrected chi connectivity index (χ0v) is 11.0. The summed E-state index contributed by atoms with van der Waals surface area (Å²) < 4.78 is 0. The molecule has 4 heteroatoms. The van der Waals surface area contributed by atoms with Crippen LogP contribution in [0.2, 0.25) is 0 Å². The molecule has 3 rings (SSSR count). The van der Waals surface area contributed by atoms with Crippen LogP contribution in [0.25, 0.3) is 10.9 Å². The van der Waals surface area contributed by atoms with Gasteiger partial charge in [-0.3, -0.25) is 4.79 Å².